The molecule has 0 saturated heterocycles. The van der Waals surface area contributed by atoms with Gasteiger partial charge in [-0.05, 0) is 4.68 Å². The number of hydrogen-bond donors (Lipinski definition) is 2. The third-order valence-electron chi connectivity index (χ3n) is 2.99. The third-order valence-corrected chi connectivity index (χ3v) is 2.99. The number of hydrazone groups is 1. The minimum atomic E-state index is -1.21. The van der Waals surface area contributed by atoms with E-state index in [4.69, 9.17) is 4.42 Å². The summed E-state index contributed by atoms with van der Waals surface area (Å²) in [5.41, 5.74) is -0.627. The number of benzene rings is 1. The van der Waals surface area contributed by atoms with Crippen LogP contribution < -0.4 is 5.43 Å². The van der Waals surface area contributed by atoms with Crippen LogP contribution in [0.5, 0.6) is 5.75 Å². The monoisotopic (exact) mass is 366 g/mol. The summed E-state index contributed by atoms with van der Waals surface area (Å²) in [6, 6.07) is 3.19. The molecule has 14 nitrogen and oxygen atoms in total. The SMILES string of the molecule is C=[N+](NC(=O)c1cc([N+](=O)[O-])cc([N+](=O)[O-])c1O)c1ccc([N+](=O)[O-])o1. The van der Waals surface area contributed by atoms with Crippen LogP contribution in [0.1, 0.15) is 10.4 Å². The van der Waals surface area contributed by atoms with Crippen LogP contribution in [-0.2, 0) is 0 Å². The minimum Gasteiger partial charge on any atom is -0.502 e. The molecule has 2 rings (SSSR count). The Morgan fingerprint density at radius 3 is 2.15 bits per heavy atom. The zero-order valence-corrected chi connectivity index (χ0v) is 12.5. The summed E-state index contributed by atoms with van der Waals surface area (Å²) in [6.07, 6.45) is 0. The van der Waals surface area contributed by atoms with E-state index in [1.807, 2.05) is 5.43 Å². The number of non-ortho nitro benzene ring substituents is 1. The van der Waals surface area contributed by atoms with Crippen molar-refractivity contribution in [2.75, 3.05) is 0 Å². The maximum Gasteiger partial charge on any atom is 0.438 e. The molecule has 0 radical (unpaired) electrons. The van der Waals surface area contributed by atoms with Gasteiger partial charge in [-0.2, -0.15) is 0 Å². The number of phenolic OH excluding ortho intramolecular Hbond substituents is 1. The third kappa shape index (κ3) is 3.42. The number of nitro benzene ring substituents is 2. The standard InChI is InChI=1S/C12H7N5O9/c1-14(9-2-3-10(26-9)17(24)25)13-12(19)7-4-6(15(20)21)5-8(11(7)18)16(22)23/h2-5H,1H2,(H-,13,18,19)/p+1. The van der Waals surface area contributed by atoms with Crippen LogP contribution in [0.15, 0.2) is 28.7 Å². The van der Waals surface area contributed by atoms with Crippen LogP contribution in [0.4, 0.5) is 23.1 Å². The van der Waals surface area contributed by atoms with Crippen molar-refractivity contribution in [2.24, 2.45) is 0 Å². The van der Waals surface area contributed by atoms with Gasteiger partial charge in [-0.15, -0.1) is 5.43 Å². The summed E-state index contributed by atoms with van der Waals surface area (Å²) < 4.78 is 5.41. The Morgan fingerprint density at radius 2 is 1.65 bits per heavy atom. The van der Waals surface area contributed by atoms with Crippen molar-refractivity contribution in [3.8, 4) is 5.75 Å². The Bertz CT molecular complexity index is 964. The molecule has 0 aliphatic rings. The zero-order chi connectivity index (χ0) is 19.6. The van der Waals surface area contributed by atoms with Gasteiger partial charge < -0.3 is 9.52 Å². The Hall–Kier alpha value is -4.36. The van der Waals surface area contributed by atoms with Gasteiger partial charge in [0.15, 0.2) is 6.72 Å². The van der Waals surface area contributed by atoms with E-state index in [-0.39, 0.29) is 5.88 Å². The van der Waals surface area contributed by atoms with E-state index in [0.717, 1.165) is 12.1 Å². The van der Waals surface area contributed by atoms with E-state index in [1.165, 1.54) is 0 Å². The molecule has 1 amide bonds. The van der Waals surface area contributed by atoms with Crippen molar-refractivity contribution in [1.29, 1.82) is 0 Å². The fourth-order valence-electron chi connectivity index (χ4n) is 1.82. The normalized spacial score (nSPS) is 10.2. The van der Waals surface area contributed by atoms with Crippen molar-refractivity contribution in [1.82, 2.24) is 5.43 Å². The molecular formula is C12H8N5O9+. The van der Waals surface area contributed by atoms with Crippen LogP contribution >= 0.6 is 0 Å². The van der Waals surface area contributed by atoms with Gasteiger partial charge in [0.05, 0.1) is 28.0 Å². The minimum absolute atomic E-state index is 0.274. The molecular weight excluding hydrogens is 358 g/mol. The first-order valence-electron chi connectivity index (χ1n) is 6.43. The second-order valence-electron chi connectivity index (χ2n) is 4.61. The predicted molar refractivity (Wildman–Crippen MR) is 81.3 cm³/mol. The number of amides is 1. The number of hydrogen-bond acceptors (Lipinski definition) is 9. The number of hydrazine groups is 1. The second kappa shape index (κ2) is 6.63. The first kappa shape index (κ1) is 18.0. The molecule has 0 bridgehead atoms. The van der Waals surface area contributed by atoms with E-state index >= 15 is 0 Å². The number of carbonyl (C=O) groups is 1. The van der Waals surface area contributed by atoms with Gasteiger partial charge in [0, 0.05) is 6.07 Å². The van der Waals surface area contributed by atoms with Gasteiger partial charge in [-0.1, -0.05) is 0 Å². The summed E-state index contributed by atoms with van der Waals surface area (Å²) in [5.74, 6) is -3.22. The lowest BCUT2D eigenvalue weighted by molar-refractivity contribution is -0.498. The highest BCUT2D eigenvalue weighted by atomic mass is 16.7. The number of rotatable bonds is 6. The first-order chi connectivity index (χ1) is 12.1. The van der Waals surface area contributed by atoms with Crippen molar-refractivity contribution >= 4 is 35.8 Å². The fourth-order valence-corrected chi connectivity index (χ4v) is 1.82. The smallest absolute Gasteiger partial charge is 0.438 e. The molecule has 0 aliphatic heterocycles. The van der Waals surface area contributed by atoms with Crippen molar-refractivity contribution in [2.45, 2.75) is 0 Å². The maximum absolute atomic E-state index is 12.2. The molecule has 1 aromatic carbocycles. The summed E-state index contributed by atoms with van der Waals surface area (Å²) in [7, 11) is 0. The maximum atomic E-state index is 12.2. The lowest BCUT2D eigenvalue weighted by Crippen LogP contribution is -2.30. The number of nitrogens with zero attached hydrogens (tertiary/aromatic N) is 4. The predicted octanol–water partition coefficient (Wildman–Crippen LogP) is 1.40. The molecule has 134 valence electrons. The Kier molecular flexibility index (Phi) is 4.59. The van der Waals surface area contributed by atoms with Crippen LogP contribution in [-0.4, -0.2) is 37.2 Å². The molecule has 0 spiro atoms. The van der Waals surface area contributed by atoms with E-state index in [1.54, 1.807) is 0 Å². The highest BCUT2D eigenvalue weighted by molar-refractivity contribution is 5.98. The molecule has 14 heteroatoms. The van der Waals surface area contributed by atoms with E-state index in [2.05, 4.69) is 6.72 Å². The van der Waals surface area contributed by atoms with E-state index < -0.39 is 49.2 Å². The number of aromatic hydroxyl groups is 1. The average molecular weight is 366 g/mol. The summed E-state index contributed by atoms with van der Waals surface area (Å²) in [6.45, 7) is 3.33. The van der Waals surface area contributed by atoms with Gasteiger partial charge in [0.25, 0.3) is 5.69 Å². The summed E-state index contributed by atoms with van der Waals surface area (Å²) >= 11 is 0. The van der Waals surface area contributed by atoms with Crippen LogP contribution in [0, 0.1) is 30.3 Å². The highest BCUT2D eigenvalue weighted by Gasteiger charge is 2.29. The lowest BCUT2D eigenvalue weighted by atomic mass is 10.1. The van der Waals surface area contributed by atoms with Gasteiger partial charge >= 0.3 is 23.4 Å². The average Bonchev–Trinajstić information content (AvgIpc) is 3.04. The molecule has 26 heavy (non-hydrogen) atoms. The van der Waals surface area contributed by atoms with Crippen LogP contribution in [0.25, 0.3) is 0 Å². The summed E-state index contributed by atoms with van der Waals surface area (Å²) in [4.78, 5) is 41.5. The largest absolute Gasteiger partial charge is 0.502 e. The number of carbonyl (C=O) groups excluding carboxylic acids is 1. The van der Waals surface area contributed by atoms with Gasteiger partial charge in [-0.3, -0.25) is 35.1 Å². The van der Waals surface area contributed by atoms with E-state index in [9.17, 15) is 40.2 Å². The topological polar surface area (TPSA) is 195 Å². The van der Waals surface area contributed by atoms with Crippen molar-refractivity contribution in [3.63, 3.8) is 0 Å². The number of nitro groups is 3. The first-order valence-corrected chi connectivity index (χ1v) is 6.43. The molecule has 0 aliphatic carbocycles. The molecule has 0 fully saturated rings. The van der Waals surface area contributed by atoms with Gasteiger partial charge in [0.1, 0.15) is 10.5 Å². The lowest BCUT2D eigenvalue weighted by Gasteiger charge is -2.04. The van der Waals surface area contributed by atoms with Crippen LogP contribution in [0.3, 0.4) is 0 Å². The number of phenols is 1. The molecule has 0 unspecified atom stereocenters. The van der Waals surface area contributed by atoms with Crippen LogP contribution in [0.2, 0.25) is 0 Å². The molecule has 1 heterocycles. The fraction of sp³-hybridized carbons (Fsp3) is 0. The molecule has 1 aromatic heterocycles. The Morgan fingerprint density at radius 1 is 1.04 bits per heavy atom. The van der Waals surface area contributed by atoms with E-state index in [0.29, 0.717) is 16.8 Å². The molecule has 0 atom stereocenters. The number of nitrogens with one attached hydrogen (secondary N) is 1. The number of furan rings is 1. The molecule has 0 saturated carbocycles. The van der Waals surface area contributed by atoms with Crippen molar-refractivity contribution in [3.05, 3.63) is 60.2 Å². The van der Waals surface area contributed by atoms with Gasteiger partial charge in [-0.25, -0.2) is 0 Å². The molecule has 2 N–H and O–H groups in total. The highest BCUT2D eigenvalue weighted by Crippen LogP contribution is 2.34. The quantitative estimate of drug-likeness (QED) is 0.328. The molecule has 2 aromatic rings. The zero-order valence-electron chi connectivity index (χ0n) is 12.5. The summed E-state index contributed by atoms with van der Waals surface area (Å²) in [5, 5.41) is 42.1. The Balaban J connectivity index is 2.36. The second-order valence-corrected chi connectivity index (χ2v) is 4.61. The Labute approximate surface area is 142 Å². The van der Waals surface area contributed by atoms with Gasteiger partial charge in [0.2, 0.25) is 5.75 Å². The van der Waals surface area contributed by atoms with Crippen molar-refractivity contribution < 1.29 is 33.8 Å².